The molecule has 1 aliphatic heterocycles. The Morgan fingerprint density at radius 3 is 2.81 bits per heavy atom. The summed E-state index contributed by atoms with van der Waals surface area (Å²) in [5.41, 5.74) is 7.46. The standard InChI is InChI=1S/C16H17N5/c1-2-12-7-6-10-21(11-12)15-14(18-16(17)20-19-15)13-8-4-3-5-9-13/h1,3-5,8-9,12H,6-7,10-11H2,(H2,17,18,20). The highest BCUT2D eigenvalue weighted by atomic mass is 15.3. The van der Waals surface area contributed by atoms with Crippen LogP contribution in [0.5, 0.6) is 0 Å². The van der Waals surface area contributed by atoms with Crippen LogP contribution in [0.2, 0.25) is 0 Å². The van der Waals surface area contributed by atoms with Crippen LogP contribution in [-0.4, -0.2) is 28.3 Å². The highest BCUT2D eigenvalue weighted by molar-refractivity contribution is 5.72. The first-order chi connectivity index (χ1) is 10.3. The van der Waals surface area contributed by atoms with Crippen LogP contribution in [0.15, 0.2) is 30.3 Å². The lowest BCUT2D eigenvalue weighted by molar-refractivity contribution is 0.493. The number of piperidine rings is 1. The van der Waals surface area contributed by atoms with Gasteiger partial charge in [0, 0.05) is 24.6 Å². The topological polar surface area (TPSA) is 67.9 Å². The molecule has 0 amide bonds. The molecule has 3 rings (SSSR count). The van der Waals surface area contributed by atoms with Gasteiger partial charge in [0.1, 0.15) is 5.69 Å². The van der Waals surface area contributed by atoms with E-state index in [0.29, 0.717) is 0 Å². The summed E-state index contributed by atoms with van der Waals surface area (Å²) < 4.78 is 0. The molecule has 5 nitrogen and oxygen atoms in total. The van der Waals surface area contributed by atoms with E-state index < -0.39 is 0 Å². The predicted octanol–water partition coefficient (Wildman–Crippen LogP) is 1.97. The van der Waals surface area contributed by atoms with Gasteiger partial charge < -0.3 is 10.6 Å². The van der Waals surface area contributed by atoms with Crippen molar-refractivity contribution >= 4 is 11.8 Å². The van der Waals surface area contributed by atoms with Crippen molar-refractivity contribution in [1.82, 2.24) is 15.2 Å². The van der Waals surface area contributed by atoms with Crippen LogP contribution in [-0.2, 0) is 0 Å². The van der Waals surface area contributed by atoms with Gasteiger partial charge in [-0.2, -0.15) is 0 Å². The minimum atomic E-state index is 0.183. The molecule has 1 aliphatic rings. The minimum absolute atomic E-state index is 0.183. The Balaban J connectivity index is 2.01. The van der Waals surface area contributed by atoms with Crippen LogP contribution >= 0.6 is 0 Å². The molecule has 2 aromatic rings. The number of terminal acetylenes is 1. The molecule has 0 bridgehead atoms. The molecule has 0 saturated carbocycles. The van der Waals surface area contributed by atoms with Crippen molar-refractivity contribution in [2.45, 2.75) is 12.8 Å². The summed E-state index contributed by atoms with van der Waals surface area (Å²) in [6.45, 7) is 1.70. The molecule has 1 fully saturated rings. The number of nitrogens with zero attached hydrogens (tertiary/aromatic N) is 4. The van der Waals surface area contributed by atoms with Crippen molar-refractivity contribution in [3.63, 3.8) is 0 Å². The van der Waals surface area contributed by atoms with Gasteiger partial charge in [0.15, 0.2) is 5.82 Å². The molecule has 1 atom stereocenters. The SMILES string of the molecule is C#CC1CCCN(c2nnc(N)nc2-c2ccccc2)C1. The second kappa shape index (κ2) is 5.80. The summed E-state index contributed by atoms with van der Waals surface area (Å²) in [4.78, 5) is 6.54. The molecule has 2 N–H and O–H groups in total. The van der Waals surface area contributed by atoms with E-state index in [0.717, 1.165) is 43.0 Å². The normalized spacial score (nSPS) is 18.2. The fraction of sp³-hybridized carbons (Fsp3) is 0.312. The Morgan fingerprint density at radius 2 is 2.05 bits per heavy atom. The first-order valence-electron chi connectivity index (χ1n) is 7.04. The lowest BCUT2D eigenvalue weighted by Crippen LogP contribution is -2.36. The highest BCUT2D eigenvalue weighted by Gasteiger charge is 2.23. The number of hydrogen-bond donors (Lipinski definition) is 1. The maximum absolute atomic E-state index is 5.71. The molecule has 0 spiro atoms. The Bertz CT molecular complexity index is 662. The van der Waals surface area contributed by atoms with Gasteiger partial charge in [-0.15, -0.1) is 22.5 Å². The molecule has 0 radical (unpaired) electrons. The molecule has 106 valence electrons. The number of nitrogen functional groups attached to an aromatic ring is 1. The van der Waals surface area contributed by atoms with E-state index >= 15 is 0 Å². The first-order valence-corrected chi connectivity index (χ1v) is 7.04. The Morgan fingerprint density at radius 1 is 1.24 bits per heavy atom. The maximum atomic E-state index is 5.71. The van der Waals surface area contributed by atoms with Crippen molar-refractivity contribution in [3.8, 4) is 23.6 Å². The number of benzene rings is 1. The lowest BCUT2D eigenvalue weighted by atomic mass is 9.98. The highest BCUT2D eigenvalue weighted by Crippen LogP contribution is 2.29. The number of hydrogen-bond acceptors (Lipinski definition) is 5. The van der Waals surface area contributed by atoms with Gasteiger partial charge in [-0.05, 0) is 12.8 Å². The van der Waals surface area contributed by atoms with Crippen LogP contribution in [0.4, 0.5) is 11.8 Å². The second-order valence-electron chi connectivity index (χ2n) is 5.16. The molecule has 5 heteroatoms. The van der Waals surface area contributed by atoms with E-state index in [1.165, 1.54) is 0 Å². The van der Waals surface area contributed by atoms with Crippen LogP contribution < -0.4 is 10.6 Å². The number of rotatable bonds is 2. The third kappa shape index (κ3) is 2.79. The fourth-order valence-corrected chi connectivity index (χ4v) is 2.64. The summed E-state index contributed by atoms with van der Waals surface area (Å²) in [6, 6.07) is 9.90. The van der Waals surface area contributed by atoms with E-state index in [-0.39, 0.29) is 11.9 Å². The van der Waals surface area contributed by atoms with E-state index in [1.807, 2.05) is 30.3 Å². The summed E-state index contributed by atoms with van der Waals surface area (Å²) in [5, 5.41) is 8.18. The summed E-state index contributed by atoms with van der Waals surface area (Å²) >= 11 is 0. The molecule has 1 unspecified atom stereocenters. The zero-order valence-corrected chi connectivity index (χ0v) is 11.7. The Kier molecular flexibility index (Phi) is 3.69. The van der Waals surface area contributed by atoms with Gasteiger partial charge in [0.25, 0.3) is 0 Å². The average molecular weight is 279 g/mol. The van der Waals surface area contributed by atoms with Gasteiger partial charge >= 0.3 is 0 Å². The van der Waals surface area contributed by atoms with Crippen LogP contribution in [0.25, 0.3) is 11.3 Å². The maximum Gasteiger partial charge on any atom is 0.240 e. The van der Waals surface area contributed by atoms with Crippen molar-refractivity contribution in [3.05, 3.63) is 30.3 Å². The summed E-state index contributed by atoms with van der Waals surface area (Å²) in [6.07, 6.45) is 7.68. The van der Waals surface area contributed by atoms with Gasteiger partial charge in [-0.1, -0.05) is 30.3 Å². The van der Waals surface area contributed by atoms with Gasteiger partial charge in [-0.3, -0.25) is 0 Å². The smallest absolute Gasteiger partial charge is 0.240 e. The predicted molar refractivity (Wildman–Crippen MR) is 83.4 cm³/mol. The van der Waals surface area contributed by atoms with E-state index in [9.17, 15) is 0 Å². The monoisotopic (exact) mass is 279 g/mol. The Hall–Kier alpha value is -2.61. The van der Waals surface area contributed by atoms with E-state index in [2.05, 4.69) is 26.0 Å². The van der Waals surface area contributed by atoms with Gasteiger partial charge in [-0.25, -0.2) is 4.98 Å². The molecule has 21 heavy (non-hydrogen) atoms. The second-order valence-corrected chi connectivity index (χ2v) is 5.16. The van der Waals surface area contributed by atoms with Crippen LogP contribution in [0, 0.1) is 18.3 Å². The fourth-order valence-electron chi connectivity index (χ4n) is 2.64. The molecule has 0 aliphatic carbocycles. The lowest BCUT2D eigenvalue weighted by Gasteiger charge is -2.31. The van der Waals surface area contributed by atoms with E-state index in [4.69, 9.17) is 12.2 Å². The summed E-state index contributed by atoms with van der Waals surface area (Å²) in [5.74, 6) is 4.03. The quantitative estimate of drug-likeness (QED) is 0.851. The number of nitrogens with two attached hydrogens (primary N) is 1. The first kappa shape index (κ1) is 13.4. The third-order valence-corrected chi connectivity index (χ3v) is 3.69. The van der Waals surface area contributed by atoms with Crippen molar-refractivity contribution in [1.29, 1.82) is 0 Å². The van der Waals surface area contributed by atoms with E-state index in [1.54, 1.807) is 0 Å². The van der Waals surface area contributed by atoms with Crippen LogP contribution in [0.3, 0.4) is 0 Å². The Labute approximate surface area is 124 Å². The molecular formula is C16H17N5. The van der Waals surface area contributed by atoms with Gasteiger partial charge in [0.2, 0.25) is 5.95 Å². The molecule has 1 aromatic heterocycles. The van der Waals surface area contributed by atoms with Crippen molar-refractivity contribution < 1.29 is 0 Å². The third-order valence-electron chi connectivity index (χ3n) is 3.69. The largest absolute Gasteiger partial charge is 0.366 e. The van der Waals surface area contributed by atoms with Crippen LogP contribution in [0.1, 0.15) is 12.8 Å². The average Bonchev–Trinajstić information content (AvgIpc) is 2.55. The van der Waals surface area contributed by atoms with Crippen molar-refractivity contribution in [2.75, 3.05) is 23.7 Å². The molecule has 2 heterocycles. The summed E-state index contributed by atoms with van der Waals surface area (Å²) in [7, 11) is 0. The van der Waals surface area contributed by atoms with Crippen molar-refractivity contribution in [2.24, 2.45) is 5.92 Å². The van der Waals surface area contributed by atoms with Gasteiger partial charge in [0.05, 0.1) is 0 Å². The minimum Gasteiger partial charge on any atom is -0.366 e. The zero-order valence-electron chi connectivity index (χ0n) is 11.7. The zero-order chi connectivity index (χ0) is 14.7. The molecular weight excluding hydrogens is 262 g/mol. The number of aromatic nitrogens is 3. The molecule has 1 saturated heterocycles. The number of anilines is 2. The molecule has 1 aromatic carbocycles.